The van der Waals surface area contributed by atoms with Crippen LogP contribution in [0.4, 0.5) is 5.69 Å². The molecule has 0 radical (unpaired) electrons. The van der Waals surface area contributed by atoms with Gasteiger partial charge in [-0.1, -0.05) is 6.07 Å². The maximum atomic E-state index is 12.6. The third-order valence-electron chi connectivity index (χ3n) is 4.32. The molecule has 2 aromatic carbocycles. The molecule has 0 spiro atoms. The molecule has 0 fully saturated rings. The Bertz CT molecular complexity index is 783. The summed E-state index contributed by atoms with van der Waals surface area (Å²) in [5, 5.41) is 2.96. The Morgan fingerprint density at radius 1 is 1.25 bits per heavy atom. The molecule has 1 atom stereocenters. The van der Waals surface area contributed by atoms with Gasteiger partial charge in [0, 0.05) is 23.6 Å². The summed E-state index contributed by atoms with van der Waals surface area (Å²) in [6.45, 7) is 8.54. The zero-order valence-electron chi connectivity index (χ0n) is 14.6. The fraction of sp³-hybridized carbons (Fsp3) is 0.350. The fourth-order valence-electron chi connectivity index (χ4n) is 2.89. The number of carbonyl (C=O) groups is 1. The topological polar surface area (TPSA) is 47.6 Å². The van der Waals surface area contributed by atoms with Crippen molar-refractivity contribution in [3.05, 3.63) is 52.6 Å². The Balaban J connectivity index is 1.89. The van der Waals surface area contributed by atoms with Crippen LogP contribution in [-0.4, -0.2) is 18.6 Å². The Labute approximate surface area is 142 Å². The molecule has 0 aromatic heterocycles. The second-order valence-corrected chi connectivity index (χ2v) is 6.27. The standard InChI is InChI=1S/C20H23NO3/c1-5-23-19-10-16-9-14(4)24-18(16)11-17(19)21-20(22)15-7-6-12(2)13(3)8-15/h6-8,10-11,14H,5,9H2,1-4H3,(H,21,22). The van der Waals surface area contributed by atoms with E-state index >= 15 is 0 Å². The van der Waals surface area contributed by atoms with Crippen LogP contribution in [-0.2, 0) is 6.42 Å². The molecule has 1 unspecified atom stereocenters. The SMILES string of the molecule is CCOc1cc2c(cc1NC(=O)c1ccc(C)c(C)c1)OC(C)C2. The Kier molecular flexibility index (Phi) is 4.47. The number of ether oxygens (including phenoxy) is 2. The Hall–Kier alpha value is -2.49. The number of benzene rings is 2. The molecule has 1 N–H and O–H groups in total. The number of amides is 1. The molecule has 1 aliphatic rings. The van der Waals surface area contributed by atoms with Crippen molar-refractivity contribution in [2.45, 2.75) is 40.2 Å². The van der Waals surface area contributed by atoms with E-state index in [0.29, 0.717) is 23.6 Å². The molecule has 1 amide bonds. The van der Waals surface area contributed by atoms with Gasteiger partial charge in [-0.25, -0.2) is 0 Å². The first kappa shape index (κ1) is 16.4. The zero-order chi connectivity index (χ0) is 17.3. The van der Waals surface area contributed by atoms with Crippen molar-refractivity contribution in [3.8, 4) is 11.5 Å². The highest BCUT2D eigenvalue weighted by molar-refractivity contribution is 6.05. The van der Waals surface area contributed by atoms with Crippen molar-refractivity contribution in [1.82, 2.24) is 0 Å². The second kappa shape index (κ2) is 6.56. The molecule has 4 nitrogen and oxygen atoms in total. The van der Waals surface area contributed by atoms with Gasteiger partial charge < -0.3 is 14.8 Å². The summed E-state index contributed by atoms with van der Waals surface area (Å²) in [6, 6.07) is 9.53. The number of rotatable bonds is 4. The third-order valence-corrected chi connectivity index (χ3v) is 4.32. The van der Waals surface area contributed by atoms with E-state index in [2.05, 4.69) is 5.32 Å². The average Bonchev–Trinajstić information content (AvgIpc) is 2.89. The van der Waals surface area contributed by atoms with E-state index in [1.54, 1.807) is 0 Å². The van der Waals surface area contributed by atoms with Gasteiger partial charge in [-0.2, -0.15) is 0 Å². The van der Waals surface area contributed by atoms with E-state index in [-0.39, 0.29) is 12.0 Å². The minimum absolute atomic E-state index is 0.148. The van der Waals surface area contributed by atoms with Gasteiger partial charge in [0.15, 0.2) is 0 Å². The summed E-state index contributed by atoms with van der Waals surface area (Å²) >= 11 is 0. The molecule has 24 heavy (non-hydrogen) atoms. The van der Waals surface area contributed by atoms with E-state index in [0.717, 1.165) is 23.3 Å². The van der Waals surface area contributed by atoms with Gasteiger partial charge in [-0.3, -0.25) is 4.79 Å². The van der Waals surface area contributed by atoms with Crippen LogP contribution in [0.3, 0.4) is 0 Å². The van der Waals surface area contributed by atoms with E-state index in [4.69, 9.17) is 9.47 Å². The largest absolute Gasteiger partial charge is 0.492 e. The first-order valence-corrected chi connectivity index (χ1v) is 8.33. The Morgan fingerprint density at radius 3 is 2.75 bits per heavy atom. The molecular weight excluding hydrogens is 302 g/mol. The molecule has 126 valence electrons. The predicted octanol–water partition coefficient (Wildman–Crippen LogP) is 4.28. The van der Waals surface area contributed by atoms with Gasteiger partial charge in [0.25, 0.3) is 5.91 Å². The van der Waals surface area contributed by atoms with Crippen LogP contribution in [0.2, 0.25) is 0 Å². The summed E-state index contributed by atoms with van der Waals surface area (Å²) in [4.78, 5) is 12.6. The van der Waals surface area contributed by atoms with Crippen LogP contribution in [0.1, 0.15) is 40.9 Å². The number of anilines is 1. The lowest BCUT2D eigenvalue weighted by Gasteiger charge is -2.14. The quantitative estimate of drug-likeness (QED) is 0.913. The van der Waals surface area contributed by atoms with Gasteiger partial charge in [0.05, 0.1) is 12.3 Å². The Morgan fingerprint density at radius 2 is 2.04 bits per heavy atom. The van der Waals surface area contributed by atoms with Crippen molar-refractivity contribution in [1.29, 1.82) is 0 Å². The second-order valence-electron chi connectivity index (χ2n) is 6.27. The highest BCUT2D eigenvalue weighted by atomic mass is 16.5. The van der Waals surface area contributed by atoms with E-state index < -0.39 is 0 Å². The van der Waals surface area contributed by atoms with Crippen LogP contribution >= 0.6 is 0 Å². The molecule has 1 aliphatic heterocycles. The highest BCUT2D eigenvalue weighted by Gasteiger charge is 2.22. The number of aryl methyl sites for hydroxylation is 2. The zero-order valence-corrected chi connectivity index (χ0v) is 14.6. The van der Waals surface area contributed by atoms with Crippen molar-refractivity contribution in [2.24, 2.45) is 0 Å². The molecule has 2 aromatic rings. The van der Waals surface area contributed by atoms with E-state index in [1.807, 2.05) is 58.0 Å². The summed E-state index contributed by atoms with van der Waals surface area (Å²) < 4.78 is 11.5. The number of nitrogens with one attached hydrogen (secondary N) is 1. The number of fused-ring (bicyclic) bond motifs is 1. The van der Waals surface area contributed by atoms with Gasteiger partial charge in [-0.05, 0) is 57.0 Å². The lowest BCUT2D eigenvalue weighted by Crippen LogP contribution is -2.13. The van der Waals surface area contributed by atoms with E-state index in [9.17, 15) is 4.79 Å². The van der Waals surface area contributed by atoms with Crippen LogP contribution in [0.5, 0.6) is 11.5 Å². The first-order valence-electron chi connectivity index (χ1n) is 8.33. The normalized spacial score (nSPS) is 15.6. The molecule has 0 bridgehead atoms. The average molecular weight is 325 g/mol. The smallest absolute Gasteiger partial charge is 0.255 e. The monoisotopic (exact) mass is 325 g/mol. The van der Waals surface area contributed by atoms with Crippen molar-refractivity contribution in [2.75, 3.05) is 11.9 Å². The maximum absolute atomic E-state index is 12.6. The molecule has 4 heteroatoms. The lowest BCUT2D eigenvalue weighted by atomic mass is 10.1. The van der Waals surface area contributed by atoms with Crippen LogP contribution < -0.4 is 14.8 Å². The molecule has 0 saturated heterocycles. The van der Waals surface area contributed by atoms with Crippen molar-refractivity contribution >= 4 is 11.6 Å². The van der Waals surface area contributed by atoms with Crippen LogP contribution in [0.25, 0.3) is 0 Å². The molecule has 3 rings (SSSR count). The van der Waals surface area contributed by atoms with Gasteiger partial charge in [0.2, 0.25) is 0 Å². The summed E-state index contributed by atoms with van der Waals surface area (Å²) in [7, 11) is 0. The van der Waals surface area contributed by atoms with Gasteiger partial charge in [-0.15, -0.1) is 0 Å². The molecular formula is C20H23NO3. The molecule has 0 saturated carbocycles. The summed E-state index contributed by atoms with van der Waals surface area (Å²) in [5.74, 6) is 1.36. The van der Waals surface area contributed by atoms with Gasteiger partial charge >= 0.3 is 0 Å². The van der Waals surface area contributed by atoms with Crippen molar-refractivity contribution < 1.29 is 14.3 Å². The third kappa shape index (κ3) is 3.23. The first-order chi connectivity index (χ1) is 11.5. The summed E-state index contributed by atoms with van der Waals surface area (Å²) in [6.07, 6.45) is 1.01. The van der Waals surface area contributed by atoms with Crippen molar-refractivity contribution in [3.63, 3.8) is 0 Å². The fourth-order valence-corrected chi connectivity index (χ4v) is 2.89. The van der Waals surface area contributed by atoms with E-state index in [1.165, 1.54) is 5.56 Å². The van der Waals surface area contributed by atoms with Gasteiger partial charge in [0.1, 0.15) is 17.6 Å². The molecule has 1 heterocycles. The minimum atomic E-state index is -0.148. The number of carbonyl (C=O) groups excluding carboxylic acids is 1. The van der Waals surface area contributed by atoms with Crippen LogP contribution in [0, 0.1) is 13.8 Å². The lowest BCUT2D eigenvalue weighted by molar-refractivity contribution is 0.102. The number of hydrogen-bond acceptors (Lipinski definition) is 3. The highest BCUT2D eigenvalue weighted by Crippen LogP contribution is 2.38. The predicted molar refractivity (Wildman–Crippen MR) is 95.3 cm³/mol. The number of hydrogen-bond donors (Lipinski definition) is 1. The maximum Gasteiger partial charge on any atom is 0.255 e. The van der Waals surface area contributed by atoms with Crippen LogP contribution in [0.15, 0.2) is 30.3 Å². The summed E-state index contributed by atoms with van der Waals surface area (Å²) in [5.41, 5.74) is 4.67. The minimum Gasteiger partial charge on any atom is -0.492 e. The molecule has 0 aliphatic carbocycles.